The van der Waals surface area contributed by atoms with Crippen molar-refractivity contribution in [1.82, 2.24) is 20.3 Å². The van der Waals surface area contributed by atoms with Gasteiger partial charge in [-0.1, -0.05) is 11.3 Å². The van der Waals surface area contributed by atoms with E-state index in [4.69, 9.17) is 5.73 Å². The molecular weight excluding hydrogens is 288 g/mol. The zero-order valence-corrected chi connectivity index (χ0v) is 12.0. The van der Waals surface area contributed by atoms with Gasteiger partial charge in [-0.3, -0.25) is 14.9 Å². The van der Waals surface area contributed by atoms with E-state index in [1.54, 1.807) is 19.1 Å². The van der Waals surface area contributed by atoms with Crippen LogP contribution in [0.5, 0.6) is 0 Å². The first kappa shape index (κ1) is 15.6. The van der Waals surface area contributed by atoms with Crippen molar-refractivity contribution < 1.29 is 9.72 Å². The molecule has 2 aromatic rings. The first-order valence-corrected chi connectivity index (χ1v) is 6.70. The number of nitrogens with zero attached hydrogens (tertiary/aromatic N) is 4. The number of carbonyl (C=O) groups is 1. The molecule has 0 spiro atoms. The summed E-state index contributed by atoms with van der Waals surface area (Å²) in [4.78, 5) is 22.3. The third kappa shape index (κ3) is 3.26. The molecule has 1 aromatic heterocycles. The number of nitro groups is 1. The monoisotopic (exact) mass is 304 g/mol. The van der Waals surface area contributed by atoms with Crippen LogP contribution in [0, 0.1) is 17.0 Å². The average molecular weight is 304 g/mol. The predicted molar refractivity (Wildman–Crippen MR) is 78.8 cm³/mol. The molecule has 0 fully saturated rings. The summed E-state index contributed by atoms with van der Waals surface area (Å²) in [5, 5.41) is 21.2. The van der Waals surface area contributed by atoms with Crippen molar-refractivity contribution >= 4 is 11.6 Å². The lowest BCUT2D eigenvalue weighted by molar-refractivity contribution is -0.384. The molecule has 1 amide bonds. The summed E-state index contributed by atoms with van der Waals surface area (Å²) in [5.74, 6) is -0.345. The lowest BCUT2D eigenvalue weighted by atomic mass is 10.2. The zero-order valence-electron chi connectivity index (χ0n) is 12.0. The summed E-state index contributed by atoms with van der Waals surface area (Å²) in [5.41, 5.74) is 6.47. The average Bonchev–Trinajstić information content (AvgIpc) is 2.89. The van der Waals surface area contributed by atoms with Crippen molar-refractivity contribution in [2.45, 2.75) is 13.3 Å². The van der Waals surface area contributed by atoms with Crippen LogP contribution < -0.4 is 11.1 Å². The molecule has 22 heavy (non-hydrogen) atoms. The molecule has 0 saturated heterocycles. The summed E-state index contributed by atoms with van der Waals surface area (Å²) < 4.78 is 1.39. The van der Waals surface area contributed by atoms with Crippen LogP contribution in [0.3, 0.4) is 0 Å². The maximum atomic E-state index is 12.0. The molecule has 1 aromatic carbocycles. The number of hydrogen-bond acceptors (Lipinski definition) is 6. The van der Waals surface area contributed by atoms with Gasteiger partial charge in [0.2, 0.25) is 0 Å². The largest absolute Gasteiger partial charge is 0.351 e. The normalized spacial score (nSPS) is 10.5. The number of aromatic nitrogens is 3. The topological polar surface area (TPSA) is 129 Å². The number of non-ortho nitro benzene ring substituents is 1. The fourth-order valence-corrected chi connectivity index (χ4v) is 1.91. The molecule has 0 bridgehead atoms. The Labute approximate surface area is 126 Å². The standard InChI is InChI=1S/C13H16N6O3/c1-9-12(13(20)15-7-3-6-14)16-17-18(9)10-4-2-5-11(8-10)19(21)22/h2,4-5,8H,3,6-7,14H2,1H3,(H,15,20). The van der Waals surface area contributed by atoms with Gasteiger partial charge in [0.05, 0.1) is 16.3 Å². The lowest BCUT2D eigenvalue weighted by Crippen LogP contribution is -2.27. The zero-order chi connectivity index (χ0) is 16.1. The quantitative estimate of drug-likeness (QED) is 0.456. The summed E-state index contributed by atoms with van der Waals surface area (Å²) in [6.45, 7) is 2.62. The van der Waals surface area contributed by atoms with Crippen molar-refractivity contribution in [3.8, 4) is 5.69 Å². The predicted octanol–water partition coefficient (Wildman–Crippen LogP) is 0.563. The molecule has 1 heterocycles. The Hall–Kier alpha value is -2.81. The third-order valence-electron chi connectivity index (χ3n) is 3.06. The number of rotatable bonds is 6. The van der Waals surface area contributed by atoms with Gasteiger partial charge in [-0.25, -0.2) is 4.68 Å². The van der Waals surface area contributed by atoms with Gasteiger partial charge >= 0.3 is 0 Å². The van der Waals surface area contributed by atoms with Crippen LogP contribution >= 0.6 is 0 Å². The molecule has 0 unspecified atom stereocenters. The van der Waals surface area contributed by atoms with Gasteiger partial charge in [0.1, 0.15) is 0 Å². The van der Waals surface area contributed by atoms with Gasteiger partial charge in [0.25, 0.3) is 11.6 Å². The van der Waals surface area contributed by atoms with E-state index in [0.29, 0.717) is 30.9 Å². The number of nitrogens with two attached hydrogens (primary N) is 1. The SMILES string of the molecule is Cc1c(C(=O)NCCCN)nnn1-c1cccc([N+](=O)[O-])c1. The van der Waals surface area contributed by atoms with Crippen molar-refractivity contribution in [3.63, 3.8) is 0 Å². The maximum Gasteiger partial charge on any atom is 0.273 e. The number of amides is 1. The minimum Gasteiger partial charge on any atom is -0.351 e. The minimum absolute atomic E-state index is 0.0543. The Morgan fingerprint density at radius 3 is 2.95 bits per heavy atom. The van der Waals surface area contributed by atoms with Gasteiger partial charge in [-0.05, 0) is 26.0 Å². The van der Waals surface area contributed by atoms with E-state index in [9.17, 15) is 14.9 Å². The molecule has 0 aliphatic carbocycles. The van der Waals surface area contributed by atoms with E-state index >= 15 is 0 Å². The van der Waals surface area contributed by atoms with E-state index in [0.717, 1.165) is 0 Å². The fourth-order valence-electron chi connectivity index (χ4n) is 1.91. The van der Waals surface area contributed by atoms with Crippen LogP contribution in [0.15, 0.2) is 24.3 Å². The van der Waals surface area contributed by atoms with E-state index in [-0.39, 0.29) is 17.3 Å². The van der Waals surface area contributed by atoms with Gasteiger partial charge in [-0.2, -0.15) is 0 Å². The molecule has 9 heteroatoms. The smallest absolute Gasteiger partial charge is 0.273 e. The van der Waals surface area contributed by atoms with Gasteiger partial charge in [0.15, 0.2) is 5.69 Å². The summed E-state index contributed by atoms with van der Waals surface area (Å²) in [6, 6.07) is 5.97. The first-order chi connectivity index (χ1) is 10.5. The molecule has 116 valence electrons. The molecular formula is C13H16N6O3. The summed E-state index contributed by atoms with van der Waals surface area (Å²) >= 11 is 0. The van der Waals surface area contributed by atoms with E-state index in [1.165, 1.54) is 16.8 Å². The van der Waals surface area contributed by atoms with Crippen LogP contribution in [0.2, 0.25) is 0 Å². The number of hydrogen-bond donors (Lipinski definition) is 2. The second-order valence-electron chi connectivity index (χ2n) is 4.61. The van der Waals surface area contributed by atoms with Crippen LogP contribution in [0.1, 0.15) is 22.6 Å². The number of nitrogens with one attached hydrogen (secondary N) is 1. The van der Waals surface area contributed by atoms with Gasteiger partial charge < -0.3 is 11.1 Å². The molecule has 0 saturated carbocycles. The molecule has 0 radical (unpaired) electrons. The van der Waals surface area contributed by atoms with Crippen molar-refractivity contribution in [2.24, 2.45) is 5.73 Å². The number of nitro benzene ring substituents is 1. The van der Waals surface area contributed by atoms with E-state index in [1.807, 2.05) is 0 Å². The van der Waals surface area contributed by atoms with Gasteiger partial charge in [-0.15, -0.1) is 5.10 Å². The molecule has 0 aliphatic heterocycles. The first-order valence-electron chi connectivity index (χ1n) is 6.70. The Morgan fingerprint density at radius 2 is 2.27 bits per heavy atom. The van der Waals surface area contributed by atoms with E-state index < -0.39 is 4.92 Å². The minimum atomic E-state index is -0.490. The maximum absolute atomic E-state index is 12.0. The summed E-state index contributed by atoms with van der Waals surface area (Å²) in [6.07, 6.45) is 0.670. The van der Waals surface area contributed by atoms with Crippen LogP contribution in [0.25, 0.3) is 5.69 Å². The fraction of sp³-hybridized carbons (Fsp3) is 0.308. The Morgan fingerprint density at radius 1 is 1.50 bits per heavy atom. The van der Waals surface area contributed by atoms with Crippen molar-refractivity contribution in [2.75, 3.05) is 13.1 Å². The second kappa shape index (κ2) is 6.76. The Bertz CT molecular complexity index is 697. The highest BCUT2D eigenvalue weighted by Crippen LogP contribution is 2.18. The van der Waals surface area contributed by atoms with Crippen LogP contribution in [0.4, 0.5) is 5.69 Å². The second-order valence-corrected chi connectivity index (χ2v) is 4.61. The summed E-state index contributed by atoms with van der Waals surface area (Å²) in [7, 11) is 0. The highest BCUT2D eigenvalue weighted by atomic mass is 16.6. The molecule has 3 N–H and O–H groups in total. The highest BCUT2D eigenvalue weighted by Gasteiger charge is 2.18. The number of carbonyl (C=O) groups excluding carboxylic acids is 1. The number of benzene rings is 1. The van der Waals surface area contributed by atoms with Gasteiger partial charge in [0, 0.05) is 18.7 Å². The molecule has 2 rings (SSSR count). The van der Waals surface area contributed by atoms with E-state index in [2.05, 4.69) is 15.6 Å². The van der Waals surface area contributed by atoms with Crippen LogP contribution in [-0.4, -0.2) is 38.9 Å². The molecule has 0 aliphatic rings. The van der Waals surface area contributed by atoms with Crippen LogP contribution in [-0.2, 0) is 0 Å². The Kier molecular flexibility index (Phi) is 4.79. The Balaban J connectivity index is 2.25. The molecule has 0 atom stereocenters. The van der Waals surface area contributed by atoms with Crippen molar-refractivity contribution in [1.29, 1.82) is 0 Å². The van der Waals surface area contributed by atoms with Crippen molar-refractivity contribution in [3.05, 3.63) is 45.8 Å². The highest BCUT2D eigenvalue weighted by molar-refractivity contribution is 5.93. The lowest BCUT2D eigenvalue weighted by Gasteiger charge is -2.04. The third-order valence-corrected chi connectivity index (χ3v) is 3.06. The molecule has 9 nitrogen and oxygen atoms in total.